The van der Waals surface area contributed by atoms with Crippen LogP contribution < -0.4 is 0 Å². The molecule has 1 nitrogen and oxygen atoms in total. The maximum atomic E-state index is 8.98. The van der Waals surface area contributed by atoms with Crippen LogP contribution in [-0.4, -0.2) is 11.7 Å². The van der Waals surface area contributed by atoms with Crippen molar-refractivity contribution >= 4 is 0 Å². The number of hydrogen-bond donors (Lipinski definition) is 1. The van der Waals surface area contributed by atoms with E-state index >= 15 is 0 Å². The Morgan fingerprint density at radius 2 is 1.77 bits per heavy atom. The summed E-state index contributed by atoms with van der Waals surface area (Å²) in [6.45, 7) is 2.49. The molecule has 0 aromatic carbocycles. The molecule has 1 fully saturated rings. The summed E-state index contributed by atoms with van der Waals surface area (Å²) in [6.07, 6.45) is 12.2. The minimum absolute atomic E-state index is 0.404. The van der Waals surface area contributed by atoms with Gasteiger partial charge >= 0.3 is 0 Å². The van der Waals surface area contributed by atoms with Crippen LogP contribution in [0.2, 0.25) is 0 Å². The molecule has 1 aliphatic rings. The Morgan fingerprint density at radius 3 is 2.31 bits per heavy atom. The molecule has 0 atom stereocenters. The average Bonchev–Trinajstić information content (AvgIpc) is 2.19. The summed E-state index contributed by atoms with van der Waals surface area (Å²) in [7, 11) is 0. The zero-order valence-electron chi connectivity index (χ0n) is 8.71. The van der Waals surface area contributed by atoms with Gasteiger partial charge in [-0.25, -0.2) is 0 Å². The van der Waals surface area contributed by atoms with E-state index in [1.807, 2.05) is 0 Å². The van der Waals surface area contributed by atoms with Gasteiger partial charge in [0.1, 0.15) is 0 Å². The quantitative estimate of drug-likeness (QED) is 0.662. The van der Waals surface area contributed by atoms with Crippen molar-refractivity contribution in [3.63, 3.8) is 0 Å². The van der Waals surface area contributed by atoms with Gasteiger partial charge in [0.25, 0.3) is 0 Å². The first-order valence-corrected chi connectivity index (χ1v) is 5.58. The van der Waals surface area contributed by atoms with Crippen molar-refractivity contribution in [1.29, 1.82) is 0 Å². The summed E-state index contributed by atoms with van der Waals surface area (Å²) in [6, 6.07) is 0. The van der Waals surface area contributed by atoms with Crippen LogP contribution in [0.5, 0.6) is 0 Å². The van der Waals surface area contributed by atoms with Gasteiger partial charge in [-0.15, -0.1) is 0 Å². The van der Waals surface area contributed by atoms with E-state index in [-0.39, 0.29) is 0 Å². The van der Waals surface area contributed by atoms with E-state index < -0.39 is 0 Å². The first-order chi connectivity index (χ1) is 6.36. The van der Waals surface area contributed by atoms with Gasteiger partial charge in [-0.3, -0.25) is 0 Å². The van der Waals surface area contributed by atoms with Crippen LogP contribution in [0.1, 0.15) is 45.4 Å². The normalized spacial score (nSPS) is 29.7. The second kappa shape index (κ2) is 6.20. The van der Waals surface area contributed by atoms with Crippen LogP contribution in [0.3, 0.4) is 0 Å². The number of hydrogen-bond acceptors (Lipinski definition) is 1. The summed E-state index contributed by atoms with van der Waals surface area (Å²) in [5, 5.41) is 8.98. The zero-order valence-corrected chi connectivity index (χ0v) is 8.71. The van der Waals surface area contributed by atoms with Gasteiger partial charge in [-0.2, -0.15) is 0 Å². The molecule has 0 spiro atoms. The third kappa shape index (κ3) is 3.95. The van der Waals surface area contributed by atoms with Crippen molar-refractivity contribution in [1.82, 2.24) is 0 Å². The molecule has 0 aromatic rings. The van der Waals surface area contributed by atoms with Crippen LogP contribution in [0, 0.1) is 11.8 Å². The number of aliphatic hydroxyl groups excluding tert-OH is 1. The minimum atomic E-state index is 0.404. The van der Waals surface area contributed by atoms with Gasteiger partial charge < -0.3 is 5.11 Å². The van der Waals surface area contributed by atoms with Crippen LogP contribution in [0.25, 0.3) is 0 Å². The van der Waals surface area contributed by atoms with Gasteiger partial charge in [0.15, 0.2) is 0 Å². The summed E-state index contributed by atoms with van der Waals surface area (Å²) in [5.74, 6) is 1.54. The highest BCUT2D eigenvalue weighted by molar-refractivity contribution is 4.79. The highest BCUT2D eigenvalue weighted by atomic mass is 16.3. The molecule has 1 heteroatoms. The van der Waals surface area contributed by atoms with E-state index in [1.165, 1.54) is 38.5 Å². The molecule has 13 heavy (non-hydrogen) atoms. The second-order valence-electron chi connectivity index (χ2n) is 4.22. The van der Waals surface area contributed by atoms with E-state index in [0.29, 0.717) is 12.5 Å². The molecule has 0 radical (unpaired) electrons. The van der Waals surface area contributed by atoms with Crippen molar-refractivity contribution in [2.24, 2.45) is 11.8 Å². The Labute approximate surface area is 81.9 Å². The topological polar surface area (TPSA) is 20.2 Å². The lowest BCUT2D eigenvalue weighted by Gasteiger charge is -2.26. The third-order valence-corrected chi connectivity index (χ3v) is 3.20. The van der Waals surface area contributed by atoms with Crippen LogP contribution in [0.4, 0.5) is 0 Å². The molecule has 0 aromatic heterocycles. The zero-order chi connectivity index (χ0) is 9.52. The van der Waals surface area contributed by atoms with Crippen molar-refractivity contribution in [2.75, 3.05) is 6.61 Å². The lowest BCUT2D eigenvalue weighted by molar-refractivity contribution is 0.164. The Hall–Kier alpha value is -0.300. The van der Waals surface area contributed by atoms with Crippen molar-refractivity contribution in [2.45, 2.75) is 45.4 Å². The molecule has 1 aliphatic carbocycles. The molecular weight excluding hydrogens is 160 g/mol. The lowest BCUT2D eigenvalue weighted by atomic mass is 9.80. The fourth-order valence-corrected chi connectivity index (χ4v) is 2.20. The first kappa shape index (κ1) is 10.8. The summed E-state index contributed by atoms with van der Waals surface area (Å²) >= 11 is 0. The Balaban J connectivity index is 2.10. The molecule has 0 saturated heterocycles. The molecule has 76 valence electrons. The first-order valence-electron chi connectivity index (χ1n) is 5.58. The van der Waals surface area contributed by atoms with Gasteiger partial charge in [0, 0.05) is 6.61 Å². The maximum absolute atomic E-state index is 8.98. The monoisotopic (exact) mass is 182 g/mol. The number of allylic oxidation sites excluding steroid dienone is 2. The van der Waals surface area contributed by atoms with E-state index in [9.17, 15) is 0 Å². The summed E-state index contributed by atoms with van der Waals surface area (Å²) < 4.78 is 0. The van der Waals surface area contributed by atoms with Gasteiger partial charge in [-0.1, -0.05) is 25.0 Å². The molecule has 0 bridgehead atoms. The van der Waals surface area contributed by atoms with Gasteiger partial charge in [0.2, 0.25) is 0 Å². The van der Waals surface area contributed by atoms with E-state index in [0.717, 1.165) is 5.92 Å². The molecular formula is C12H22O. The van der Waals surface area contributed by atoms with Gasteiger partial charge in [0.05, 0.1) is 0 Å². The number of rotatable bonds is 4. The molecule has 0 unspecified atom stereocenters. The molecule has 1 saturated carbocycles. The summed E-state index contributed by atoms with van der Waals surface area (Å²) in [5.41, 5.74) is 0. The van der Waals surface area contributed by atoms with Crippen molar-refractivity contribution in [3.8, 4) is 0 Å². The standard InChI is InChI=1S/C12H22O/c1-2-3-4-5-11-6-8-12(10-13)9-7-11/h2-3,11-13H,4-10H2,1H3. The second-order valence-corrected chi connectivity index (χ2v) is 4.22. The molecule has 1 rings (SSSR count). The average molecular weight is 182 g/mol. The SMILES string of the molecule is CC=CCCC1CCC(CO)CC1. The van der Waals surface area contributed by atoms with Crippen LogP contribution in [-0.2, 0) is 0 Å². The molecule has 0 amide bonds. The predicted molar refractivity (Wildman–Crippen MR) is 56.6 cm³/mol. The van der Waals surface area contributed by atoms with Crippen molar-refractivity contribution in [3.05, 3.63) is 12.2 Å². The highest BCUT2D eigenvalue weighted by Crippen LogP contribution is 2.31. The Bertz CT molecular complexity index is 143. The van der Waals surface area contributed by atoms with Crippen molar-refractivity contribution < 1.29 is 5.11 Å². The minimum Gasteiger partial charge on any atom is -0.396 e. The van der Waals surface area contributed by atoms with Crippen LogP contribution >= 0.6 is 0 Å². The molecule has 1 N–H and O–H groups in total. The van der Waals surface area contributed by atoms with E-state index in [4.69, 9.17) is 5.11 Å². The van der Waals surface area contributed by atoms with Crippen LogP contribution in [0.15, 0.2) is 12.2 Å². The fraction of sp³-hybridized carbons (Fsp3) is 0.833. The van der Waals surface area contributed by atoms with E-state index in [1.54, 1.807) is 0 Å². The molecule has 0 heterocycles. The Kier molecular flexibility index (Phi) is 5.14. The number of aliphatic hydroxyl groups is 1. The van der Waals surface area contributed by atoms with Gasteiger partial charge in [-0.05, 0) is 44.4 Å². The largest absolute Gasteiger partial charge is 0.396 e. The fourth-order valence-electron chi connectivity index (χ4n) is 2.20. The maximum Gasteiger partial charge on any atom is 0.0459 e. The summed E-state index contributed by atoms with van der Waals surface area (Å²) in [4.78, 5) is 0. The highest BCUT2D eigenvalue weighted by Gasteiger charge is 2.19. The third-order valence-electron chi connectivity index (χ3n) is 3.20. The Morgan fingerprint density at radius 1 is 1.15 bits per heavy atom. The molecule has 0 aliphatic heterocycles. The lowest BCUT2D eigenvalue weighted by Crippen LogP contribution is -2.16. The van der Waals surface area contributed by atoms with E-state index in [2.05, 4.69) is 19.1 Å². The smallest absolute Gasteiger partial charge is 0.0459 e. The predicted octanol–water partition coefficient (Wildman–Crippen LogP) is 3.14.